The fraction of sp³-hybridized carbons (Fsp3) is 0.700. The number of rotatable bonds is 4. The van der Waals surface area contributed by atoms with Crippen LogP contribution in [-0.2, 0) is 14.3 Å². The Labute approximate surface area is 104 Å². The van der Waals surface area contributed by atoms with E-state index in [1.54, 1.807) is 0 Å². The molecule has 0 aromatic heterocycles. The average Bonchev–Trinajstić information content (AvgIpc) is 2.68. The molecule has 0 spiro atoms. The van der Waals surface area contributed by atoms with Gasteiger partial charge in [-0.2, -0.15) is 0 Å². The summed E-state index contributed by atoms with van der Waals surface area (Å²) in [5.74, 6) is 0. The van der Waals surface area contributed by atoms with Gasteiger partial charge in [-0.3, -0.25) is 4.99 Å². The Morgan fingerprint density at radius 2 is 2.33 bits per heavy atom. The minimum absolute atomic E-state index is 0.0130. The van der Waals surface area contributed by atoms with Crippen LogP contribution in [0, 0.1) is 0 Å². The predicted octanol–water partition coefficient (Wildman–Crippen LogP) is -1.44. The largest absolute Gasteiger partial charge is 0.393 e. The standard InChI is InChI=1S/C10H15N3O5/c1-16-10-9(15)8(14)7(18-10)4-17-13-6-2-11-5-12-3-6/h2,5,7-10,14-15H,3-4H2,1H3. The number of hydrogen-bond donors (Lipinski definition) is 2. The van der Waals surface area contributed by atoms with E-state index in [2.05, 4.69) is 15.1 Å². The van der Waals surface area contributed by atoms with E-state index in [0.29, 0.717) is 12.3 Å². The highest BCUT2D eigenvalue weighted by atomic mass is 16.7. The topological polar surface area (TPSA) is 105 Å². The fourth-order valence-corrected chi connectivity index (χ4v) is 1.63. The summed E-state index contributed by atoms with van der Waals surface area (Å²) in [6.07, 6.45) is -0.709. The van der Waals surface area contributed by atoms with Gasteiger partial charge in [0.05, 0.1) is 12.8 Å². The third-order valence-electron chi connectivity index (χ3n) is 2.60. The number of aliphatic hydroxyl groups excluding tert-OH is 2. The van der Waals surface area contributed by atoms with E-state index in [-0.39, 0.29) is 6.61 Å². The average molecular weight is 257 g/mol. The van der Waals surface area contributed by atoms with Gasteiger partial charge in [0.15, 0.2) is 6.29 Å². The molecule has 8 heteroatoms. The van der Waals surface area contributed by atoms with Crippen LogP contribution in [0.2, 0.25) is 0 Å². The molecule has 2 rings (SSSR count). The van der Waals surface area contributed by atoms with Gasteiger partial charge in [0, 0.05) is 7.11 Å². The number of oxime groups is 1. The first-order valence-electron chi connectivity index (χ1n) is 5.47. The highest BCUT2D eigenvalue weighted by molar-refractivity contribution is 6.33. The third-order valence-corrected chi connectivity index (χ3v) is 2.60. The molecule has 4 unspecified atom stereocenters. The Morgan fingerprint density at radius 3 is 2.94 bits per heavy atom. The molecule has 1 fully saturated rings. The van der Waals surface area contributed by atoms with E-state index in [4.69, 9.17) is 14.3 Å². The molecular formula is C10H15N3O5. The quantitative estimate of drug-likeness (QED) is 0.600. The maximum atomic E-state index is 9.66. The zero-order valence-corrected chi connectivity index (χ0v) is 9.84. The van der Waals surface area contributed by atoms with Crippen LogP contribution >= 0.6 is 0 Å². The highest BCUT2D eigenvalue weighted by Gasteiger charge is 2.43. The number of nitrogens with zero attached hydrogens (tertiary/aromatic N) is 3. The van der Waals surface area contributed by atoms with Crippen LogP contribution in [0.3, 0.4) is 0 Å². The van der Waals surface area contributed by atoms with E-state index in [1.165, 1.54) is 19.7 Å². The summed E-state index contributed by atoms with van der Waals surface area (Å²) in [4.78, 5) is 12.7. The van der Waals surface area contributed by atoms with Gasteiger partial charge >= 0.3 is 0 Å². The number of aliphatic hydroxyl groups is 2. The lowest BCUT2D eigenvalue weighted by Gasteiger charge is -2.12. The minimum atomic E-state index is -1.09. The third kappa shape index (κ3) is 2.91. The number of aliphatic imine (C=N–C) groups is 2. The van der Waals surface area contributed by atoms with E-state index >= 15 is 0 Å². The molecule has 0 aliphatic carbocycles. The van der Waals surface area contributed by atoms with Crippen LogP contribution in [-0.4, -0.2) is 73.3 Å². The normalized spacial score (nSPS) is 37.4. The maximum absolute atomic E-state index is 9.66. The first-order valence-corrected chi connectivity index (χ1v) is 5.47. The van der Waals surface area contributed by atoms with Gasteiger partial charge in [0.25, 0.3) is 0 Å². The van der Waals surface area contributed by atoms with Crippen molar-refractivity contribution in [1.29, 1.82) is 0 Å². The van der Waals surface area contributed by atoms with Gasteiger partial charge < -0.3 is 24.5 Å². The predicted molar refractivity (Wildman–Crippen MR) is 62.9 cm³/mol. The maximum Gasteiger partial charge on any atom is 0.186 e. The van der Waals surface area contributed by atoms with Crippen LogP contribution in [0.15, 0.2) is 15.1 Å². The summed E-state index contributed by atoms with van der Waals surface area (Å²) in [5, 5.41) is 23.0. The van der Waals surface area contributed by atoms with E-state index in [1.807, 2.05) is 0 Å². The van der Waals surface area contributed by atoms with Crippen LogP contribution in [0.1, 0.15) is 0 Å². The highest BCUT2D eigenvalue weighted by Crippen LogP contribution is 2.21. The molecule has 0 amide bonds. The van der Waals surface area contributed by atoms with Crippen LogP contribution in [0.4, 0.5) is 0 Å². The second-order valence-corrected chi connectivity index (χ2v) is 3.87. The van der Waals surface area contributed by atoms with Gasteiger partial charge in [0.2, 0.25) is 0 Å². The monoisotopic (exact) mass is 257 g/mol. The number of hydrogen-bond acceptors (Lipinski definition) is 8. The van der Waals surface area contributed by atoms with Crippen molar-refractivity contribution in [2.45, 2.75) is 24.6 Å². The second-order valence-electron chi connectivity index (χ2n) is 3.87. The van der Waals surface area contributed by atoms with Crippen LogP contribution < -0.4 is 0 Å². The molecule has 2 aliphatic rings. The molecule has 0 aromatic rings. The fourth-order valence-electron chi connectivity index (χ4n) is 1.63. The second kappa shape index (κ2) is 6.01. The Morgan fingerprint density at radius 1 is 1.50 bits per heavy atom. The molecule has 18 heavy (non-hydrogen) atoms. The van der Waals surface area contributed by atoms with Gasteiger partial charge in [-0.25, -0.2) is 4.99 Å². The Kier molecular flexibility index (Phi) is 4.37. The Hall–Kier alpha value is -1.35. The Balaban J connectivity index is 1.80. The zero-order chi connectivity index (χ0) is 13.0. The first-order chi connectivity index (χ1) is 8.72. The van der Waals surface area contributed by atoms with Gasteiger partial charge in [-0.1, -0.05) is 5.16 Å². The molecule has 2 heterocycles. The molecule has 0 bridgehead atoms. The van der Waals surface area contributed by atoms with E-state index in [9.17, 15) is 10.2 Å². The van der Waals surface area contributed by atoms with Crippen molar-refractivity contribution >= 4 is 18.3 Å². The summed E-state index contributed by atoms with van der Waals surface area (Å²) < 4.78 is 10.1. The smallest absolute Gasteiger partial charge is 0.186 e. The Bertz CT molecular complexity index is 371. The number of methoxy groups -OCH3 is 1. The van der Waals surface area contributed by atoms with Crippen LogP contribution in [0.5, 0.6) is 0 Å². The van der Waals surface area contributed by atoms with Crippen molar-refractivity contribution in [3.05, 3.63) is 0 Å². The summed E-state index contributed by atoms with van der Waals surface area (Å²) >= 11 is 0. The van der Waals surface area contributed by atoms with Gasteiger partial charge in [-0.15, -0.1) is 0 Å². The molecule has 4 atom stereocenters. The lowest BCUT2D eigenvalue weighted by molar-refractivity contribution is -0.156. The van der Waals surface area contributed by atoms with Crippen molar-refractivity contribution in [3.63, 3.8) is 0 Å². The van der Waals surface area contributed by atoms with Crippen molar-refractivity contribution in [2.75, 3.05) is 20.3 Å². The SMILES string of the molecule is COC1OC(CON=C2C=NC=NC2)C(O)C1O. The van der Waals surface area contributed by atoms with Crippen LogP contribution in [0.25, 0.3) is 0 Å². The first kappa shape index (κ1) is 13.1. The molecule has 1 saturated heterocycles. The zero-order valence-electron chi connectivity index (χ0n) is 9.84. The van der Waals surface area contributed by atoms with Crippen molar-refractivity contribution < 1.29 is 24.5 Å². The number of ether oxygens (including phenoxy) is 2. The van der Waals surface area contributed by atoms with Gasteiger partial charge in [0.1, 0.15) is 37.0 Å². The molecule has 100 valence electrons. The molecule has 0 radical (unpaired) electrons. The lowest BCUT2D eigenvalue weighted by Crippen LogP contribution is -2.34. The van der Waals surface area contributed by atoms with Crippen molar-refractivity contribution in [1.82, 2.24) is 0 Å². The summed E-state index contributed by atoms with van der Waals surface area (Å²) in [5.41, 5.74) is 0.578. The molecule has 2 aliphatic heterocycles. The van der Waals surface area contributed by atoms with Crippen molar-refractivity contribution in [2.24, 2.45) is 15.1 Å². The van der Waals surface area contributed by atoms with E-state index < -0.39 is 24.6 Å². The van der Waals surface area contributed by atoms with Crippen molar-refractivity contribution in [3.8, 4) is 0 Å². The minimum Gasteiger partial charge on any atom is -0.393 e. The molecule has 2 N–H and O–H groups in total. The molecular weight excluding hydrogens is 242 g/mol. The molecule has 8 nitrogen and oxygen atoms in total. The van der Waals surface area contributed by atoms with Gasteiger partial charge in [-0.05, 0) is 0 Å². The molecule has 0 saturated carbocycles. The summed E-state index contributed by atoms with van der Waals surface area (Å²) in [7, 11) is 1.39. The van der Waals surface area contributed by atoms with E-state index in [0.717, 1.165) is 0 Å². The summed E-state index contributed by atoms with van der Waals surface area (Å²) in [6, 6.07) is 0. The lowest BCUT2D eigenvalue weighted by atomic mass is 10.1. The summed E-state index contributed by atoms with van der Waals surface area (Å²) in [6.45, 7) is 0.417. The molecule has 0 aromatic carbocycles.